The second kappa shape index (κ2) is 4.56. The minimum atomic E-state index is -0.564. The first kappa shape index (κ1) is 12.2. The van der Waals surface area contributed by atoms with Crippen LogP contribution in [0.1, 0.15) is 15.9 Å². The van der Waals surface area contributed by atoms with Gasteiger partial charge in [0.05, 0.1) is 14.2 Å². The number of fused-ring (bicyclic) bond motifs is 1. The molecule has 0 heterocycles. The third-order valence-electron chi connectivity index (χ3n) is 2.83. The minimum Gasteiger partial charge on any atom is -0.507 e. The molecule has 2 rings (SSSR count). The molecule has 94 valence electrons. The molecular formula is C14H14O4. The summed E-state index contributed by atoms with van der Waals surface area (Å²) in [5, 5.41) is 11.2. The minimum absolute atomic E-state index is 0.0954. The number of phenols is 1. The maximum absolute atomic E-state index is 11.7. The molecule has 4 heteroatoms. The van der Waals surface area contributed by atoms with E-state index in [2.05, 4.69) is 0 Å². The van der Waals surface area contributed by atoms with E-state index in [0.717, 1.165) is 10.9 Å². The lowest BCUT2D eigenvalue weighted by atomic mass is 10.0. The van der Waals surface area contributed by atoms with Gasteiger partial charge in [0.2, 0.25) is 0 Å². The van der Waals surface area contributed by atoms with Crippen molar-refractivity contribution >= 4 is 16.7 Å². The Bertz CT molecular complexity index is 617. The first-order chi connectivity index (χ1) is 8.58. The Balaban J connectivity index is 2.88. The molecule has 2 aromatic carbocycles. The number of ether oxygens (including phenoxy) is 2. The highest BCUT2D eigenvalue weighted by Gasteiger charge is 2.17. The van der Waals surface area contributed by atoms with Crippen LogP contribution in [0.15, 0.2) is 24.3 Å². The zero-order valence-corrected chi connectivity index (χ0v) is 10.5. The number of hydrogen-bond donors (Lipinski definition) is 1. The van der Waals surface area contributed by atoms with Crippen LogP contribution in [0.4, 0.5) is 0 Å². The van der Waals surface area contributed by atoms with Crippen LogP contribution >= 0.6 is 0 Å². The zero-order valence-electron chi connectivity index (χ0n) is 10.5. The molecule has 0 atom stereocenters. The molecule has 2 aromatic rings. The maximum Gasteiger partial charge on any atom is 0.342 e. The fourth-order valence-electron chi connectivity index (χ4n) is 2.01. The van der Waals surface area contributed by atoms with Gasteiger partial charge in [-0.3, -0.25) is 0 Å². The first-order valence-electron chi connectivity index (χ1n) is 5.47. The van der Waals surface area contributed by atoms with E-state index in [-0.39, 0.29) is 11.3 Å². The number of aromatic hydroxyl groups is 1. The van der Waals surface area contributed by atoms with E-state index in [1.54, 1.807) is 13.2 Å². The molecule has 0 aliphatic heterocycles. The SMILES string of the molecule is COC(=O)c1c(O)ccc2c(OC)cc(C)cc12. The highest BCUT2D eigenvalue weighted by Crippen LogP contribution is 2.34. The van der Waals surface area contributed by atoms with E-state index >= 15 is 0 Å². The van der Waals surface area contributed by atoms with Crippen molar-refractivity contribution in [1.29, 1.82) is 0 Å². The Kier molecular flexibility index (Phi) is 3.10. The summed E-state index contributed by atoms with van der Waals surface area (Å²) < 4.78 is 9.98. The Morgan fingerprint density at radius 3 is 2.50 bits per heavy atom. The van der Waals surface area contributed by atoms with Gasteiger partial charge in [-0.1, -0.05) is 6.07 Å². The van der Waals surface area contributed by atoms with Gasteiger partial charge in [0.25, 0.3) is 0 Å². The molecule has 0 fully saturated rings. The fourth-order valence-corrected chi connectivity index (χ4v) is 2.01. The van der Waals surface area contributed by atoms with Crippen LogP contribution in [0.2, 0.25) is 0 Å². The summed E-state index contributed by atoms with van der Waals surface area (Å²) in [4.78, 5) is 11.7. The summed E-state index contributed by atoms with van der Waals surface area (Å²) in [6.45, 7) is 1.90. The van der Waals surface area contributed by atoms with Crippen molar-refractivity contribution in [3.63, 3.8) is 0 Å². The molecule has 1 N–H and O–H groups in total. The van der Waals surface area contributed by atoms with Crippen molar-refractivity contribution in [1.82, 2.24) is 0 Å². The molecule has 0 spiro atoms. The lowest BCUT2D eigenvalue weighted by Crippen LogP contribution is -2.03. The van der Waals surface area contributed by atoms with E-state index in [0.29, 0.717) is 11.1 Å². The van der Waals surface area contributed by atoms with Crippen LogP contribution < -0.4 is 4.74 Å². The summed E-state index contributed by atoms with van der Waals surface area (Å²) in [7, 11) is 2.85. The molecule has 4 nitrogen and oxygen atoms in total. The number of benzene rings is 2. The number of esters is 1. The van der Waals surface area contributed by atoms with Crippen molar-refractivity contribution in [2.24, 2.45) is 0 Å². The number of aryl methyl sites for hydroxylation is 1. The van der Waals surface area contributed by atoms with Gasteiger partial charge >= 0.3 is 5.97 Å². The summed E-state index contributed by atoms with van der Waals surface area (Å²) in [6.07, 6.45) is 0. The molecule has 0 amide bonds. The molecule has 0 radical (unpaired) electrons. The Hall–Kier alpha value is -2.23. The molecule has 0 saturated heterocycles. The van der Waals surface area contributed by atoms with Crippen LogP contribution in [0.25, 0.3) is 10.8 Å². The summed E-state index contributed by atoms with van der Waals surface area (Å²) in [5.41, 5.74) is 1.10. The number of methoxy groups -OCH3 is 2. The average molecular weight is 246 g/mol. The normalized spacial score (nSPS) is 10.4. The third kappa shape index (κ3) is 1.86. The predicted octanol–water partition coefficient (Wildman–Crippen LogP) is 2.65. The van der Waals surface area contributed by atoms with Crippen molar-refractivity contribution in [2.45, 2.75) is 6.92 Å². The largest absolute Gasteiger partial charge is 0.507 e. The van der Waals surface area contributed by atoms with Crippen LogP contribution in [0.3, 0.4) is 0 Å². The van der Waals surface area contributed by atoms with Gasteiger partial charge in [0.1, 0.15) is 17.1 Å². The van der Waals surface area contributed by atoms with Crippen LogP contribution in [-0.2, 0) is 4.74 Å². The summed E-state index contributed by atoms with van der Waals surface area (Å²) >= 11 is 0. The van der Waals surface area contributed by atoms with Gasteiger partial charge in [-0.25, -0.2) is 4.79 Å². The molecule has 18 heavy (non-hydrogen) atoms. The second-order valence-electron chi connectivity index (χ2n) is 4.01. The van der Waals surface area contributed by atoms with Crippen molar-refractivity contribution in [2.75, 3.05) is 14.2 Å². The Morgan fingerprint density at radius 2 is 1.89 bits per heavy atom. The van der Waals surface area contributed by atoms with Gasteiger partial charge in [0.15, 0.2) is 0 Å². The maximum atomic E-state index is 11.7. The van der Waals surface area contributed by atoms with Crippen molar-refractivity contribution < 1.29 is 19.4 Å². The van der Waals surface area contributed by atoms with Crippen LogP contribution in [0.5, 0.6) is 11.5 Å². The van der Waals surface area contributed by atoms with Gasteiger partial charge in [-0.2, -0.15) is 0 Å². The van der Waals surface area contributed by atoms with Crippen molar-refractivity contribution in [3.8, 4) is 11.5 Å². The van der Waals surface area contributed by atoms with E-state index in [9.17, 15) is 9.90 Å². The van der Waals surface area contributed by atoms with Gasteiger partial charge in [0, 0.05) is 10.8 Å². The van der Waals surface area contributed by atoms with E-state index < -0.39 is 5.97 Å². The molecule has 0 aliphatic carbocycles. The quantitative estimate of drug-likeness (QED) is 0.828. The smallest absolute Gasteiger partial charge is 0.342 e. The summed E-state index contributed by atoms with van der Waals surface area (Å²) in [6, 6.07) is 6.88. The van der Waals surface area contributed by atoms with Gasteiger partial charge < -0.3 is 14.6 Å². The molecule has 0 unspecified atom stereocenters. The van der Waals surface area contributed by atoms with Crippen LogP contribution in [0, 0.1) is 6.92 Å². The molecular weight excluding hydrogens is 232 g/mol. The summed E-state index contributed by atoms with van der Waals surface area (Å²) in [5.74, 6) is 0.00269. The molecule has 0 aliphatic rings. The van der Waals surface area contributed by atoms with E-state index in [1.165, 1.54) is 13.2 Å². The van der Waals surface area contributed by atoms with E-state index in [1.807, 2.05) is 19.1 Å². The predicted molar refractivity (Wildman–Crippen MR) is 68.2 cm³/mol. The molecule has 0 bridgehead atoms. The first-order valence-corrected chi connectivity index (χ1v) is 5.47. The number of phenolic OH excluding ortho intramolecular Hbond substituents is 1. The molecule has 0 aromatic heterocycles. The highest BCUT2D eigenvalue weighted by molar-refractivity contribution is 6.08. The second-order valence-corrected chi connectivity index (χ2v) is 4.01. The topological polar surface area (TPSA) is 55.8 Å². The van der Waals surface area contributed by atoms with Crippen molar-refractivity contribution in [3.05, 3.63) is 35.4 Å². The number of rotatable bonds is 2. The third-order valence-corrected chi connectivity index (χ3v) is 2.83. The number of hydrogen-bond acceptors (Lipinski definition) is 4. The Labute approximate surface area is 105 Å². The monoisotopic (exact) mass is 246 g/mol. The standard InChI is InChI=1S/C14H14O4/c1-8-6-10-9(12(7-8)17-2)4-5-11(15)13(10)14(16)18-3/h4-7,15H,1-3H3. The van der Waals surface area contributed by atoms with Gasteiger partial charge in [-0.15, -0.1) is 0 Å². The van der Waals surface area contributed by atoms with E-state index in [4.69, 9.17) is 9.47 Å². The number of carbonyl (C=O) groups excluding carboxylic acids is 1. The zero-order chi connectivity index (χ0) is 13.3. The number of carbonyl (C=O) groups is 1. The molecule has 0 saturated carbocycles. The lowest BCUT2D eigenvalue weighted by Gasteiger charge is -2.11. The average Bonchev–Trinajstić information content (AvgIpc) is 2.36. The van der Waals surface area contributed by atoms with Gasteiger partial charge in [-0.05, 0) is 30.7 Å². The Morgan fingerprint density at radius 1 is 1.17 bits per heavy atom. The van der Waals surface area contributed by atoms with Crippen LogP contribution in [-0.4, -0.2) is 25.3 Å². The lowest BCUT2D eigenvalue weighted by molar-refractivity contribution is 0.0600. The fraction of sp³-hybridized carbons (Fsp3) is 0.214. The highest BCUT2D eigenvalue weighted by atomic mass is 16.5.